The molecule has 1 saturated carbocycles. The third-order valence-electron chi connectivity index (χ3n) is 4.02. The van der Waals surface area contributed by atoms with E-state index in [9.17, 15) is 0 Å². The van der Waals surface area contributed by atoms with E-state index in [0.29, 0.717) is 0 Å². The average Bonchev–Trinajstić information content (AvgIpc) is 2.77. The summed E-state index contributed by atoms with van der Waals surface area (Å²) in [6, 6.07) is 13.2. The largest absolute Gasteiger partial charge is 0.309 e. The van der Waals surface area contributed by atoms with E-state index in [1.165, 1.54) is 35.3 Å². The zero-order valence-corrected chi connectivity index (χ0v) is 12.6. The van der Waals surface area contributed by atoms with Gasteiger partial charge in [0.2, 0.25) is 0 Å². The summed E-state index contributed by atoms with van der Waals surface area (Å²) in [5, 5.41) is 3.44. The van der Waals surface area contributed by atoms with Crippen LogP contribution in [0.2, 0.25) is 4.34 Å². The molecule has 1 aromatic carbocycles. The first-order chi connectivity index (χ1) is 9.29. The molecular weight excluding hydrogens is 274 g/mol. The summed E-state index contributed by atoms with van der Waals surface area (Å²) in [6.07, 6.45) is 4.03. The lowest BCUT2D eigenvalue weighted by Gasteiger charge is -2.30. The molecule has 3 heteroatoms. The molecule has 2 aromatic rings. The first-order valence-corrected chi connectivity index (χ1v) is 8.00. The van der Waals surface area contributed by atoms with Crippen LogP contribution in [0.5, 0.6) is 0 Å². The van der Waals surface area contributed by atoms with Gasteiger partial charge in [-0.2, -0.15) is 0 Å². The van der Waals surface area contributed by atoms with E-state index in [4.69, 9.17) is 11.6 Å². The normalized spacial score (nSPS) is 17.2. The number of thiophene rings is 1. The first kappa shape index (κ1) is 13.2. The van der Waals surface area contributed by atoms with Crippen molar-refractivity contribution in [1.29, 1.82) is 0 Å². The van der Waals surface area contributed by atoms with Crippen LogP contribution in [0, 0.1) is 0 Å². The fourth-order valence-electron chi connectivity index (χ4n) is 2.80. The van der Waals surface area contributed by atoms with E-state index in [-0.39, 0.29) is 6.04 Å². The molecule has 100 valence electrons. The standard InChI is InChI=1S/C16H18ClNS/c1-18-16(14-9-10-15(17)19-14)13-8-3-2-7-12(13)11-5-4-6-11/h2-3,7-11,16,18H,4-6H2,1H3. The highest BCUT2D eigenvalue weighted by molar-refractivity contribution is 7.16. The van der Waals surface area contributed by atoms with Crippen molar-refractivity contribution in [3.8, 4) is 0 Å². The second-order valence-corrected chi connectivity index (χ2v) is 6.87. The molecule has 0 aliphatic heterocycles. The van der Waals surface area contributed by atoms with Gasteiger partial charge in [0.05, 0.1) is 10.4 Å². The minimum atomic E-state index is 0.259. The lowest BCUT2D eigenvalue weighted by atomic mass is 9.77. The molecule has 1 N–H and O–H groups in total. The van der Waals surface area contributed by atoms with E-state index in [0.717, 1.165) is 10.3 Å². The van der Waals surface area contributed by atoms with Gasteiger partial charge in [-0.3, -0.25) is 0 Å². The van der Waals surface area contributed by atoms with Gasteiger partial charge in [0.15, 0.2) is 0 Å². The van der Waals surface area contributed by atoms with E-state index in [1.807, 2.05) is 13.1 Å². The van der Waals surface area contributed by atoms with Crippen LogP contribution in [0.1, 0.15) is 47.2 Å². The van der Waals surface area contributed by atoms with Crippen molar-refractivity contribution in [2.24, 2.45) is 0 Å². The molecule has 19 heavy (non-hydrogen) atoms. The summed E-state index contributed by atoms with van der Waals surface area (Å²) in [5.74, 6) is 0.752. The minimum Gasteiger partial charge on any atom is -0.309 e. The topological polar surface area (TPSA) is 12.0 Å². The highest BCUT2D eigenvalue weighted by atomic mass is 35.5. The molecule has 0 spiro atoms. The first-order valence-electron chi connectivity index (χ1n) is 6.81. The molecule has 1 atom stereocenters. The molecule has 0 amide bonds. The maximum atomic E-state index is 6.08. The summed E-state index contributed by atoms with van der Waals surface area (Å²) >= 11 is 7.74. The van der Waals surface area contributed by atoms with Gasteiger partial charge in [-0.15, -0.1) is 11.3 Å². The molecule has 1 aliphatic carbocycles. The summed E-state index contributed by atoms with van der Waals surface area (Å²) in [6.45, 7) is 0. The Morgan fingerprint density at radius 3 is 2.58 bits per heavy atom. The third-order valence-corrected chi connectivity index (χ3v) is 5.32. The second kappa shape index (κ2) is 5.66. The molecule has 1 unspecified atom stereocenters. The van der Waals surface area contributed by atoms with Crippen LogP contribution in [-0.2, 0) is 0 Å². The highest BCUT2D eigenvalue weighted by Gasteiger charge is 2.25. The van der Waals surface area contributed by atoms with Gasteiger partial charge in [-0.05, 0) is 49.1 Å². The number of nitrogens with one attached hydrogen (secondary N) is 1. The predicted molar refractivity (Wildman–Crippen MR) is 83.3 cm³/mol. The smallest absolute Gasteiger partial charge is 0.0931 e. The molecule has 1 aliphatic rings. The second-order valence-electron chi connectivity index (χ2n) is 5.12. The summed E-state index contributed by atoms with van der Waals surface area (Å²) in [5.41, 5.74) is 2.92. The van der Waals surface area contributed by atoms with Crippen molar-refractivity contribution in [3.05, 3.63) is 56.7 Å². The molecule has 3 rings (SSSR count). The zero-order chi connectivity index (χ0) is 13.2. The van der Waals surface area contributed by atoms with Crippen molar-refractivity contribution < 1.29 is 0 Å². The Labute approximate surface area is 123 Å². The van der Waals surface area contributed by atoms with Crippen molar-refractivity contribution in [2.45, 2.75) is 31.2 Å². The van der Waals surface area contributed by atoms with Gasteiger partial charge in [0.1, 0.15) is 0 Å². The average molecular weight is 292 g/mol. The molecule has 1 heterocycles. The van der Waals surface area contributed by atoms with Crippen LogP contribution in [0.4, 0.5) is 0 Å². The van der Waals surface area contributed by atoms with E-state index in [1.54, 1.807) is 11.3 Å². The Hall–Kier alpha value is -0.830. The number of halogens is 1. The summed E-state index contributed by atoms with van der Waals surface area (Å²) in [7, 11) is 2.02. The Balaban J connectivity index is 1.99. The molecule has 0 bridgehead atoms. The lowest BCUT2D eigenvalue weighted by Crippen LogP contribution is -2.20. The molecule has 1 nitrogen and oxygen atoms in total. The Morgan fingerprint density at radius 1 is 1.21 bits per heavy atom. The SMILES string of the molecule is CNC(c1ccc(Cl)s1)c1ccccc1C1CCC1. The fourth-order valence-corrected chi connectivity index (χ4v) is 3.99. The van der Waals surface area contributed by atoms with Crippen LogP contribution >= 0.6 is 22.9 Å². The predicted octanol–water partition coefficient (Wildman–Crippen LogP) is 4.98. The van der Waals surface area contributed by atoms with Crippen molar-refractivity contribution >= 4 is 22.9 Å². The third kappa shape index (κ3) is 2.58. The lowest BCUT2D eigenvalue weighted by molar-refractivity contribution is 0.415. The molecule has 1 aromatic heterocycles. The van der Waals surface area contributed by atoms with Gasteiger partial charge in [0.25, 0.3) is 0 Å². The molecule has 1 fully saturated rings. The Kier molecular flexibility index (Phi) is 3.92. The van der Waals surface area contributed by atoms with Gasteiger partial charge < -0.3 is 5.32 Å². The van der Waals surface area contributed by atoms with Gasteiger partial charge in [0, 0.05) is 4.88 Å². The van der Waals surface area contributed by atoms with Crippen LogP contribution in [0.3, 0.4) is 0 Å². The van der Waals surface area contributed by atoms with Crippen LogP contribution in [0.15, 0.2) is 36.4 Å². The number of rotatable bonds is 4. The Bertz CT molecular complexity index is 559. The molecule has 0 radical (unpaired) electrons. The van der Waals surface area contributed by atoms with Gasteiger partial charge in [-0.1, -0.05) is 42.3 Å². The van der Waals surface area contributed by atoms with Gasteiger partial charge in [-0.25, -0.2) is 0 Å². The monoisotopic (exact) mass is 291 g/mol. The Morgan fingerprint density at radius 2 is 2.00 bits per heavy atom. The maximum absolute atomic E-state index is 6.08. The summed E-state index contributed by atoms with van der Waals surface area (Å²) < 4.78 is 0.858. The maximum Gasteiger partial charge on any atom is 0.0931 e. The number of benzene rings is 1. The fraction of sp³-hybridized carbons (Fsp3) is 0.375. The van der Waals surface area contributed by atoms with Crippen molar-refractivity contribution in [3.63, 3.8) is 0 Å². The summed E-state index contributed by atoms with van der Waals surface area (Å²) in [4.78, 5) is 1.29. The van der Waals surface area contributed by atoms with Crippen LogP contribution < -0.4 is 5.32 Å². The zero-order valence-electron chi connectivity index (χ0n) is 11.0. The molecular formula is C16H18ClNS. The quantitative estimate of drug-likeness (QED) is 0.838. The van der Waals surface area contributed by atoms with Crippen LogP contribution in [0.25, 0.3) is 0 Å². The molecule has 0 saturated heterocycles. The van der Waals surface area contributed by atoms with E-state index >= 15 is 0 Å². The highest BCUT2D eigenvalue weighted by Crippen LogP contribution is 2.41. The van der Waals surface area contributed by atoms with E-state index < -0.39 is 0 Å². The minimum absolute atomic E-state index is 0.259. The number of hydrogen-bond donors (Lipinski definition) is 1. The van der Waals surface area contributed by atoms with Crippen LogP contribution in [-0.4, -0.2) is 7.05 Å². The van der Waals surface area contributed by atoms with Crippen molar-refractivity contribution in [2.75, 3.05) is 7.05 Å². The van der Waals surface area contributed by atoms with Crippen molar-refractivity contribution in [1.82, 2.24) is 5.32 Å². The van der Waals surface area contributed by atoms with Gasteiger partial charge >= 0.3 is 0 Å². The van der Waals surface area contributed by atoms with E-state index in [2.05, 4.69) is 35.6 Å². The number of hydrogen-bond acceptors (Lipinski definition) is 2.